The molecule has 0 bridgehead atoms. The summed E-state index contributed by atoms with van der Waals surface area (Å²) in [4.78, 5) is 48.3. The molecule has 0 aromatic heterocycles. The Balaban J connectivity index is 1.63. The number of benzene rings is 3. The van der Waals surface area contributed by atoms with E-state index in [0.29, 0.717) is 49.8 Å². The van der Waals surface area contributed by atoms with Crippen LogP contribution in [-0.2, 0) is 47.9 Å². The molecule has 7 heteroatoms. The van der Waals surface area contributed by atoms with E-state index in [9.17, 15) is 19.2 Å². The number of hydrogen-bond acceptors (Lipinski definition) is 7. The van der Waals surface area contributed by atoms with E-state index < -0.39 is 17.9 Å². The first-order chi connectivity index (χ1) is 25.2. The van der Waals surface area contributed by atoms with Gasteiger partial charge in [0, 0.05) is 24.5 Å². The zero-order valence-corrected chi connectivity index (χ0v) is 31.0. The van der Waals surface area contributed by atoms with Gasteiger partial charge in [0.2, 0.25) is 0 Å². The zero-order valence-electron chi connectivity index (χ0n) is 31.0. The third-order valence-electron chi connectivity index (χ3n) is 9.52. The number of ketones is 1. The molecular weight excluding hydrogens is 652 g/mol. The van der Waals surface area contributed by atoms with E-state index >= 15 is 0 Å². The number of unbranched alkanes of at least 4 members (excludes halogenated alkanes) is 5. The van der Waals surface area contributed by atoms with Crippen LogP contribution in [0.4, 0.5) is 0 Å². The molecule has 1 saturated carbocycles. The highest BCUT2D eigenvalue weighted by Crippen LogP contribution is 2.36. The Morgan fingerprint density at radius 1 is 0.769 bits per heavy atom. The standard InChI is InChI=1S/C45H54O7/c1-5-7-8-9-10-11-14-33-17-19-34(20-18-33)39-29-36(15-12-27-50-42(47)6-2)43(37(30-39)16-13-28-51-44(48)32(3)4)35-22-25-41(26-23-35)52-45(49)38-21-24-40(46)31-38/h6,17-20,22-23,25-26,29-30,38H,2-3,5,7-16,21,24,27-28,31H2,1,4H3. The Bertz CT molecular complexity index is 1680. The topological polar surface area (TPSA) is 96.0 Å². The smallest absolute Gasteiger partial charge is 0.333 e. The van der Waals surface area contributed by atoms with Crippen molar-refractivity contribution in [2.24, 2.45) is 5.92 Å². The van der Waals surface area contributed by atoms with Gasteiger partial charge in [-0.25, -0.2) is 9.59 Å². The second-order valence-corrected chi connectivity index (χ2v) is 13.8. The van der Waals surface area contributed by atoms with Crippen LogP contribution in [0, 0.1) is 5.92 Å². The lowest BCUT2D eigenvalue weighted by Gasteiger charge is -2.19. The minimum atomic E-state index is -0.452. The lowest BCUT2D eigenvalue weighted by atomic mass is 9.86. The van der Waals surface area contributed by atoms with Crippen LogP contribution in [0.15, 0.2) is 85.5 Å². The molecular formula is C45H54O7. The molecule has 4 rings (SSSR count). The molecule has 1 aliphatic carbocycles. The highest BCUT2D eigenvalue weighted by molar-refractivity contribution is 5.89. The minimum Gasteiger partial charge on any atom is -0.463 e. The van der Waals surface area contributed by atoms with Crippen LogP contribution in [0.5, 0.6) is 5.75 Å². The van der Waals surface area contributed by atoms with E-state index in [0.717, 1.165) is 39.8 Å². The quantitative estimate of drug-likeness (QED) is 0.0471. The van der Waals surface area contributed by atoms with Crippen molar-refractivity contribution in [3.05, 3.63) is 102 Å². The first-order valence-corrected chi connectivity index (χ1v) is 18.9. The molecule has 3 aromatic rings. The predicted octanol–water partition coefficient (Wildman–Crippen LogP) is 9.91. The highest BCUT2D eigenvalue weighted by atomic mass is 16.5. The first-order valence-electron chi connectivity index (χ1n) is 18.9. The third kappa shape index (κ3) is 12.5. The van der Waals surface area contributed by atoms with Crippen LogP contribution in [0.25, 0.3) is 22.3 Å². The van der Waals surface area contributed by atoms with Crippen molar-refractivity contribution in [2.45, 2.75) is 104 Å². The molecule has 0 radical (unpaired) electrons. The number of carbonyl (C=O) groups is 4. The Labute approximate surface area is 309 Å². The predicted molar refractivity (Wildman–Crippen MR) is 206 cm³/mol. The molecule has 0 amide bonds. The van der Waals surface area contributed by atoms with Crippen LogP contribution in [-0.4, -0.2) is 36.9 Å². The van der Waals surface area contributed by atoms with E-state index in [-0.39, 0.29) is 31.4 Å². The summed E-state index contributed by atoms with van der Waals surface area (Å²) >= 11 is 0. The summed E-state index contributed by atoms with van der Waals surface area (Å²) in [7, 11) is 0. The number of Topliss-reactive ketones (excluding diaryl/α,β-unsaturated/α-hetero) is 1. The highest BCUT2D eigenvalue weighted by Gasteiger charge is 2.30. The van der Waals surface area contributed by atoms with Crippen LogP contribution in [0.3, 0.4) is 0 Å². The molecule has 3 aromatic carbocycles. The van der Waals surface area contributed by atoms with Gasteiger partial charge in [0.1, 0.15) is 11.5 Å². The van der Waals surface area contributed by atoms with Crippen molar-refractivity contribution >= 4 is 23.7 Å². The summed E-state index contributed by atoms with van der Waals surface area (Å²) in [5.74, 6) is -1.10. The molecule has 7 nitrogen and oxygen atoms in total. The number of ether oxygens (including phenoxy) is 3. The largest absolute Gasteiger partial charge is 0.463 e. The zero-order chi connectivity index (χ0) is 37.3. The first kappa shape index (κ1) is 40.0. The van der Waals surface area contributed by atoms with E-state index in [1.165, 1.54) is 50.2 Å². The van der Waals surface area contributed by atoms with E-state index in [2.05, 4.69) is 56.5 Å². The number of esters is 3. The van der Waals surface area contributed by atoms with Gasteiger partial charge < -0.3 is 14.2 Å². The van der Waals surface area contributed by atoms with Crippen molar-refractivity contribution in [3.8, 4) is 28.0 Å². The lowest BCUT2D eigenvalue weighted by molar-refractivity contribution is -0.140. The summed E-state index contributed by atoms with van der Waals surface area (Å²) in [5.41, 5.74) is 8.06. The van der Waals surface area contributed by atoms with Gasteiger partial charge in [-0.05, 0) is 103 Å². The maximum absolute atomic E-state index is 12.7. The second kappa shape index (κ2) is 20.9. The van der Waals surface area contributed by atoms with Gasteiger partial charge >= 0.3 is 17.9 Å². The molecule has 1 unspecified atom stereocenters. The summed E-state index contributed by atoms with van der Waals surface area (Å²) in [6.07, 6.45) is 13.5. The number of aryl methyl sites for hydroxylation is 3. The number of carbonyl (C=O) groups excluding carboxylic acids is 4. The summed E-state index contributed by atoms with van der Waals surface area (Å²) in [6, 6.07) is 20.7. The van der Waals surface area contributed by atoms with E-state index in [4.69, 9.17) is 14.2 Å². The maximum Gasteiger partial charge on any atom is 0.333 e. The Morgan fingerprint density at radius 3 is 1.98 bits per heavy atom. The molecule has 0 N–H and O–H groups in total. The summed E-state index contributed by atoms with van der Waals surface area (Å²) in [5, 5.41) is 0. The van der Waals surface area contributed by atoms with Gasteiger partial charge in [0.05, 0.1) is 19.1 Å². The Kier molecular flexibility index (Phi) is 16.1. The lowest BCUT2D eigenvalue weighted by Crippen LogP contribution is -2.18. The fourth-order valence-electron chi connectivity index (χ4n) is 6.62. The SMILES string of the molecule is C=CC(=O)OCCCc1cc(-c2ccc(CCCCCCCC)cc2)cc(CCCOC(=O)C(=C)C)c1-c1ccc(OC(=O)C2CCC(=O)C2)cc1. The van der Waals surface area contributed by atoms with Gasteiger partial charge in [-0.2, -0.15) is 0 Å². The van der Waals surface area contributed by atoms with Crippen molar-refractivity contribution < 1.29 is 33.4 Å². The minimum absolute atomic E-state index is 0.0959. The summed E-state index contributed by atoms with van der Waals surface area (Å²) in [6.45, 7) is 11.6. The fraction of sp³-hybridized carbons (Fsp3) is 0.422. The Morgan fingerprint density at radius 2 is 1.38 bits per heavy atom. The van der Waals surface area contributed by atoms with Crippen molar-refractivity contribution in [1.29, 1.82) is 0 Å². The van der Waals surface area contributed by atoms with Crippen molar-refractivity contribution in [1.82, 2.24) is 0 Å². The monoisotopic (exact) mass is 706 g/mol. The Hall–Kier alpha value is -4.78. The van der Waals surface area contributed by atoms with Gasteiger partial charge in [-0.15, -0.1) is 0 Å². The average molecular weight is 707 g/mol. The van der Waals surface area contributed by atoms with E-state index in [1.54, 1.807) is 19.1 Å². The van der Waals surface area contributed by atoms with Crippen LogP contribution in [0.1, 0.15) is 101 Å². The number of rotatable bonds is 21. The molecule has 0 aliphatic heterocycles. The van der Waals surface area contributed by atoms with Crippen LogP contribution >= 0.6 is 0 Å². The van der Waals surface area contributed by atoms with Gasteiger partial charge in [-0.1, -0.05) is 101 Å². The normalized spacial score (nSPS) is 13.8. The maximum atomic E-state index is 12.7. The molecule has 276 valence electrons. The molecule has 1 atom stereocenters. The van der Waals surface area contributed by atoms with Gasteiger partial charge in [0.15, 0.2) is 0 Å². The van der Waals surface area contributed by atoms with Gasteiger partial charge in [-0.3, -0.25) is 9.59 Å². The van der Waals surface area contributed by atoms with Gasteiger partial charge in [0.25, 0.3) is 0 Å². The summed E-state index contributed by atoms with van der Waals surface area (Å²) < 4.78 is 16.4. The molecule has 0 heterocycles. The van der Waals surface area contributed by atoms with Crippen molar-refractivity contribution in [3.63, 3.8) is 0 Å². The van der Waals surface area contributed by atoms with Crippen molar-refractivity contribution in [2.75, 3.05) is 13.2 Å². The number of hydrogen-bond donors (Lipinski definition) is 0. The molecule has 1 fully saturated rings. The van der Waals surface area contributed by atoms with Crippen LogP contribution < -0.4 is 4.74 Å². The molecule has 1 aliphatic rings. The third-order valence-corrected chi connectivity index (χ3v) is 9.52. The fourth-order valence-corrected chi connectivity index (χ4v) is 6.62. The second-order valence-electron chi connectivity index (χ2n) is 13.8. The molecule has 0 spiro atoms. The molecule has 0 saturated heterocycles. The molecule has 52 heavy (non-hydrogen) atoms. The van der Waals surface area contributed by atoms with Crippen LogP contribution in [0.2, 0.25) is 0 Å². The average Bonchev–Trinajstić information content (AvgIpc) is 3.60. The van der Waals surface area contributed by atoms with E-state index in [1.807, 2.05) is 12.1 Å².